The van der Waals surface area contributed by atoms with E-state index in [1.54, 1.807) is 17.8 Å². The van der Waals surface area contributed by atoms with Crippen LogP contribution in [0.4, 0.5) is 5.69 Å². The summed E-state index contributed by atoms with van der Waals surface area (Å²) in [7, 11) is 0. The highest BCUT2D eigenvalue weighted by molar-refractivity contribution is 7.98. The van der Waals surface area contributed by atoms with Crippen LogP contribution < -0.4 is 5.32 Å². The molecule has 2 rings (SSSR count). The maximum atomic E-state index is 12.0. The number of carboxylic acids is 1. The number of thiophene rings is 1. The van der Waals surface area contributed by atoms with Crippen LogP contribution in [-0.2, 0) is 21.8 Å². The molecule has 1 heterocycles. The van der Waals surface area contributed by atoms with Gasteiger partial charge < -0.3 is 10.4 Å². The van der Waals surface area contributed by atoms with Crippen LogP contribution in [0.25, 0.3) is 0 Å². The summed E-state index contributed by atoms with van der Waals surface area (Å²) in [6.07, 6.45) is 0.458. The molecular weight excluding hydrogens is 354 g/mol. The normalized spacial score (nSPS) is 10.5. The van der Waals surface area contributed by atoms with E-state index >= 15 is 0 Å². The molecule has 0 aliphatic rings. The number of carboxylic acid groups (broad SMARTS) is 1. The topological polar surface area (TPSA) is 66.4 Å². The molecule has 0 atom stereocenters. The molecule has 0 bridgehead atoms. The van der Waals surface area contributed by atoms with Crippen LogP contribution in [0.3, 0.4) is 0 Å². The van der Waals surface area contributed by atoms with Gasteiger partial charge in [0, 0.05) is 22.1 Å². The smallest absolute Gasteiger partial charge is 0.304 e. The molecule has 122 valence electrons. The number of aliphatic carboxylic acids is 1. The summed E-state index contributed by atoms with van der Waals surface area (Å²) in [5, 5.41) is 11.5. The van der Waals surface area contributed by atoms with Crippen LogP contribution in [0.1, 0.15) is 16.9 Å². The van der Waals surface area contributed by atoms with Gasteiger partial charge in [-0.15, -0.1) is 11.3 Å². The number of rotatable bonds is 8. The van der Waals surface area contributed by atoms with Gasteiger partial charge in [-0.2, -0.15) is 11.8 Å². The number of carbonyl (C=O) groups excluding carboxylic acids is 1. The van der Waals surface area contributed by atoms with Crippen LogP contribution in [-0.4, -0.2) is 22.7 Å². The second-order valence-electron chi connectivity index (χ2n) is 4.83. The number of halogens is 1. The summed E-state index contributed by atoms with van der Waals surface area (Å²) in [5.41, 5.74) is 1.80. The summed E-state index contributed by atoms with van der Waals surface area (Å²) in [6, 6.07) is 11.2. The third kappa shape index (κ3) is 6.64. The first-order valence-electron chi connectivity index (χ1n) is 6.95. The zero-order valence-corrected chi connectivity index (χ0v) is 14.6. The highest BCUT2D eigenvalue weighted by Gasteiger charge is 2.07. The molecular formula is C16H16ClNO3S2. The molecule has 2 aromatic rings. The average Bonchev–Trinajstić information content (AvgIpc) is 2.89. The average molecular weight is 370 g/mol. The molecule has 7 heteroatoms. The molecule has 0 saturated carbocycles. The van der Waals surface area contributed by atoms with Gasteiger partial charge in [-0.25, -0.2) is 0 Å². The maximum absolute atomic E-state index is 12.0. The largest absolute Gasteiger partial charge is 0.481 e. The van der Waals surface area contributed by atoms with Gasteiger partial charge in [-0.3, -0.25) is 9.59 Å². The molecule has 1 aromatic heterocycles. The maximum Gasteiger partial charge on any atom is 0.304 e. The van der Waals surface area contributed by atoms with Gasteiger partial charge in [0.05, 0.1) is 17.2 Å². The van der Waals surface area contributed by atoms with Crippen molar-refractivity contribution in [2.45, 2.75) is 18.6 Å². The van der Waals surface area contributed by atoms with E-state index in [0.717, 1.165) is 21.9 Å². The minimum atomic E-state index is -0.785. The Kier molecular flexibility index (Phi) is 6.95. The quantitative estimate of drug-likeness (QED) is 0.681. The van der Waals surface area contributed by atoms with Crippen LogP contribution >= 0.6 is 34.7 Å². The number of anilines is 1. The number of amides is 1. The van der Waals surface area contributed by atoms with Crippen molar-refractivity contribution in [3.63, 3.8) is 0 Å². The molecule has 2 N–H and O–H groups in total. The van der Waals surface area contributed by atoms with Gasteiger partial charge in [0.1, 0.15) is 0 Å². The van der Waals surface area contributed by atoms with E-state index in [-0.39, 0.29) is 12.3 Å². The summed E-state index contributed by atoms with van der Waals surface area (Å²) < 4.78 is 0.674. The monoisotopic (exact) mass is 369 g/mol. The molecule has 0 aliphatic heterocycles. The van der Waals surface area contributed by atoms with Crippen LogP contribution in [0, 0.1) is 0 Å². The van der Waals surface area contributed by atoms with Crippen molar-refractivity contribution in [3.8, 4) is 0 Å². The Morgan fingerprint density at radius 1 is 1.26 bits per heavy atom. The first kappa shape index (κ1) is 17.8. The molecule has 0 aliphatic carbocycles. The fourth-order valence-electron chi connectivity index (χ4n) is 1.90. The molecule has 0 spiro atoms. The second kappa shape index (κ2) is 8.96. The van der Waals surface area contributed by atoms with Gasteiger partial charge in [0.2, 0.25) is 5.91 Å². The lowest BCUT2D eigenvalue weighted by molar-refractivity contribution is -0.136. The summed E-state index contributed by atoms with van der Waals surface area (Å²) >= 11 is 8.81. The molecule has 23 heavy (non-hydrogen) atoms. The molecule has 1 amide bonds. The Morgan fingerprint density at radius 2 is 2.09 bits per heavy atom. The number of thioether (sulfide) groups is 1. The van der Waals surface area contributed by atoms with Crippen molar-refractivity contribution in [2.24, 2.45) is 0 Å². The van der Waals surface area contributed by atoms with Crippen molar-refractivity contribution >= 4 is 52.3 Å². The lowest BCUT2D eigenvalue weighted by Gasteiger charge is -2.07. The van der Waals surface area contributed by atoms with Crippen LogP contribution in [0.15, 0.2) is 36.4 Å². The number of hydrogen-bond donors (Lipinski definition) is 2. The Hall–Kier alpha value is -1.50. The van der Waals surface area contributed by atoms with Gasteiger partial charge in [0.25, 0.3) is 0 Å². The molecule has 0 radical (unpaired) electrons. The van der Waals surface area contributed by atoms with E-state index in [4.69, 9.17) is 16.7 Å². The van der Waals surface area contributed by atoms with Crippen molar-refractivity contribution in [2.75, 3.05) is 11.1 Å². The van der Waals surface area contributed by atoms with Crippen LogP contribution in [0.5, 0.6) is 0 Å². The Balaban J connectivity index is 1.84. The highest BCUT2D eigenvalue weighted by atomic mass is 35.5. The predicted molar refractivity (Wildman–Crippen MR) is 96.5 cm³/mol. The van der Waals surface area contributed by atoms with E-state index in [0.29, 0.717) is 16.5 Å². The predicted octanol–water partition coefficient (Wildman–Crippen LogP) is 4.29. The lowest BCUT2D eigenvalue weighted by atomic mass is 10.2. The standard InChI is InChI=1S/C16H16ClNO3S2/c17-14-5-4-13(23-14)9-15(19)18-12-3-1-2-11(8-12)10-22-7-6-16(20)21/h1-5,8H,6-7,9-10H2,(H,18,19)(H,20,21). The van der Waals surface area contributed by atoms with E-state index < -0.39 is 5.97 Å². The number of nitrogens with one attached hydrogen (secondary N) is 1. The third-order valence-electron chi connectivity index (χ3n) is 2.90. The third-order valence-corrected chi connectivity index (χ3v) is 5.16. The van der Waals surface area contributed by atoms with Crippen molar-refractivity contribution < 1.29 is 14.7 Å². The van der Waals surface area contributed by atoms with Gasteiger partial charge in [-0.1, -0.05) is 23.7 Å². The minimum Gasteiger partial charge on any atom is -0.481 e. The molecule has 1 aromatic carbocycles. The number of benzene rings is 1. The molecule has 0 unspecified atom stereocenters. The highest BCUT2D eigenvalue weighted by Crippen LogP contribution is 2.22. The SMILES string of the molecule is O=C(O)CCSCc1cccc(NC(=O)Cc2ccc(Cl)s2)c1. The fraction of sp³-hybridized carbons (Fsp3) is 0.250. The minimum absolute atomic E-state index is 0.0841. The Morgan fingerprint density at radius 3 is 2.78 bits per heavy atom. The van der Waals surface area contributed by atoms with E-state index in [2.05, 4.69) is 5.32 Å². The Bertz CT molecular complexity index is 687. The molecule has 0 fully saturated rings. The van der Waals surface area contributed by atoms with E-state index in [1.165, 1.54) is 11.3 Å². The lowest BCUT2D eigenvalue weighted by Crippen LogP contribution is -2.13. The van der Waals surface area contributed by atoms with Gasteiger partial charge in [-0.05, 0) is 29.8 Å². The molecule has 0 saturated heterocycles. The first-order chi connectivity index (χ1) is 11.0. The zero-order chi connectivity index (χ0) is 16.7. The number of hydrogen-bond acceptors (Lipinski definition) is 4. The number of carbonyl (C=O) groups is 2. The second-order valence-corrected chi connectivity index (χ2v) is 7.73. The zero-order valence-electron chi connectivity index (χ0n) is 12.3. The van der Waals surface area contributed by atoms with Crippen LogP contribution in [0.2, 0.25) is 4.34 Å². The summed E-state index contributed by atoms with van der Waals surface area (Å²) in [6.45, 7) is 0. The van der Waals surface area contributed by atoms with E-state index in [9.17, 15) is 9.59 Å². The Labute approximate surface area is 147 Å². The van der Waals surface area contributed by atoms with Gasteiger partial charge in [0.15, 0.2) is 0 Å². The van der Waals surface area contributed by atoms with Gasteiger partial charge >= 0.3 is 5.97 Å². The van der Waals surface area contributed by atoms with Crippen molar-refractivity contribution in [1.29, 1.82) is 0 Å². The fourth-order valence-corrected chi connectivity index (χ4v) is 3.86. The molecule has 4 nitrogen and oxygen atoms in total. The summed E-state index contributed by atoms with van der Waals surface area (Å²) in [4.78, 5) is 23.4. The summed E-state index contributed by atoms with van der Waals surface area (Å²) in [5.74, 6) is 0.425. The van der Waals surface area contributed by atoms with Crippen molar-refractivity contribution in [1.82, 2.24) is 0 Å². The van der Waals surface area contributed by atoms with Crippen molar-refractivity contribution in [3.05, 3.63) is 51.2 Å². The van der Waals surface area contributed by atoms with E-state index in [1.807, 2.05) is 30.3 Å². The first-order valence-corrected chi connectivity index (χ1v) is 9.30.